The molecule has 0 bridgehead atoms. The molecule has 0 aliphatic carbocycles. The molecule has 1 aromatic carbocycles. The Hall–Kier alpha value is -1.90. The number of nitrogens with zero attached hydrogens (tertiary/aromatic N) is 1. The van der Waals surface area contributed by atoms with Gasteiger partial charge in [0.1, 0.15) is 17.1 Å². The van der Waals surface area contributed by atoms with Gasteiger partial charge in [0.25, 0.3) is 5.69 Å². The van der Waals surface area contributed by atoms with Gasteiger partial charge in [-0.3, -0.25) is 10.1 Å². The first kappa shape index (κ1) is 19.1. The fraction of sp³-hybridized carbons (Fsp3) is 0.500. The predicted molar refractivity (Wildman–Crippen MR) is 88.1 cm³/mol. The molecule has 0 atom stereocenters. The number of hydrogen-bond acceptors (Lipinski definition) is 5. The van der Waals surface area contributed by atoms with E-state index in [9.17, 15) is 19.3 Å². The minimum absolute atomic E-state index is 0.137. The average molecular weight is 392 g/mol. The summed E-state index contributed by atoms with van der Waals surface area (Å²) in [6.45, 7) is 6.01. The molecular weight excluding hydrogens is 373 g/mol. The number of amides is 1. The minimum atomic E-state index is -0.700. The van der Waals surface area contributed by atoms with Gasteiger partial charge in [-0.1, -0.05) is 0 Å². The highest BCUT2D eigenvalue weighted by Gasteiger charge is 2.18. The van der Waals surface area contributed by atoms with Crippen molar-refractivity contribution < 1.29 is 18.8 Å². The van der Waals surface area contributed by atoms with E-state index < -0.39 is 22.4 Å². The number of nitro groups is 1. The molecule has 0 heterocycles. The van der Waals surface area contributed by atoms with Crippen molar-refractivity contribution in [2.24, 2.45) is 0 Å². The first-order valence-electron chi connectivity index (χ1n) is 6.94. The van der Waals surface area contributed by atoms with Crippen LogP contribution in [0.2, 0.25) is 0 Å². The maximum absolute atomic E-state index is 13.3. The van der Waals surface area contributed by atoms with Crippen LogP contribution in [0.4, 0.5) is 20.6 Å². The molecule has 23 heavy (non-hydrogen) atoms. The highest BCUT2D eigenvalue weighted by Crippen LogP contribution is 2.30. The molecule has 128 valence electrons. The standard InChI is InChI=1S/C14H19BrFN3O4/c1-14(2,3)23-13(20)18-6-4-5-17-11-7-9(15)10(16)8-12(11)19(21)22/h7-8,17H,4-6H2,1-3H3,(H,18,20). The number of halogens is 2. The molecule has 0 radical (unpaired) electrons. The maximum Gasteiger partial charge on any atom is 0.407 e. The quantitative estimate of drug-likeness (QED) is 0.436. The predicted octanol–water partition coefficient (Wildman–Crippen LogP) is 3.82. The summed E-state index contributed by atoms with van der Waals surface area (Å²) in [6.07, 6.45) is -0.00113. The molecule has 0 saturated carbocycles. The van der Waals surface area contributed by atoms with Crippen molar-refractivity contribution in [3.05, 3.63) is 32.5 Å². The summed E-state index contributed by atoms with van der Waals surface area (Å²) in [6, 6.07) is 2.17. The Morgan fingerprint density at radius 2 is 2.04 bits per heavy atom. The number of nitro benzene ring substituents is 1. The van der Waals surface area contributed by atoms with E-state index >= 15 is 0 Å². The monoisotopic (exact) mass is 391 g/mol. The molecule has 7 nitrogen and oxygen atoms in total. The fourth-order valence-corrected chi connectivity index (χ4v) is 1.99. The Balaban J connectivity index is 2.46. The van der Waals surface area contributed by atoms with Gasteiger partial charge in [0, 0.05) is 13.1 Å². The minimum Gasteiger partial charge on any atom is -0.444 e. The molecular formula is C14H19BrFN3O4. The lowest BCUT2D eigenvalue weighted by Crippen LogP contribution is -2.33. The van der Waals surface area contributed by atoms with Crippen LogP contribution in [-0.2, 0) is 4.74 Å². The van der Waals surface area contributed by atoms with Crippen LogP contribution >= 0.6 is 15.9 Å². The Bertz CT molecular complexity index is 590. The van der Waals surface area contributed by atoms with E-state index in [1.165, 1.54) is 6.07 Å². The molecule has 9 heteroatoms. The van der Waals surface area contributed by atoms with Gasteiger partial charge in [-0.05, 0) is 49.2 Å². The Labute approximate surface area is 141 Å². The number of carbonyl (C=O) groups excluding carboxylic acids is 1. The van der Waals surface area contributed by atoms with Gasteiger partial charge in [-0.25, -0.2) is 9.18 Å². The third kappa shape index (κ3) is 6.81. The van der Waals surface area contributed by atoms with Crippen LogP contribution in [-0.4, -0.2) is 29.7 Å². The van der Waals surface area contributed by atoms with Gasteiger partial charge < -0.3 is 15.4 Å². The van der Waals surface area contributed by atoms with Crippen LogP contribution in [0.25, 0.3) is 0 Å². The van der Waals surface area contributed by atoms with Crippen molar-refractivity contribution in [2.75, 3.05) is 18.4 Å². The largest absolute Gasteiger partial charge is 0.444 e. The summed E-state index contributed by atoms with van der Waals surface area (Å²) in [5.74, 6) is -0.700. The number of nitrogens with one attached hydrogen (secondary N) is 2. The zero-order chi connectivity index (χ0) is 17.6. The van der Waals surface area contributed by atoms with E-state index in [4.69, 9.17) is 4.74 Å². The summed E-state index contributed by atoms with van der Waals surface area (Å²) < 4.78 is 18.6. The molecule has 0 spiro atoms. The lowest BCUT2D eigenvalue weighted by atomic mass is 10.2. The fourth-order valence-electron chi connectivity index (χ4n) is 1.65. The Morgan fingerprint density at radius 3 is 2.61 bits per heavy atom. The van der Waals surface area contributed by atoms with Crippen LogP contribution in [0.5, 0.6) is 0 Å². The average Bonchev–Trinajstić information content (AvgIpc) is 2.39. The molecule has 0 aliphatic rings. The number of ether oxygens (including phenoxy) is 1. The lowest BCUT2D eigenvalue weighted by molar-refractivity contribution is -0.384. The number of hydrogen-bond donors (Lipinski definition) is 2. The summed E-state index contributed by atoms with van der Waals surface area (Å²) in [5, 5.41) is 16.3. The van der Waals surface area contributed by atoms with E-state index in [1.807, 2.05) is 0 Å². The SMILES string of the molecule is CC(C)(C)OC(=O)NCCCNc1cc(Br)c(F)cc1[N+](=O)[O-]. The molecule has 1 rings (SSSR count). The van der Waals surface area contributed by atoms with Gasteiger partial charge in [0.15, 0.2) is 0 Å². The van der Waals surface area contributed by atoms with Gasteiger partial charge in [-0.15, -0.1) is 0 Å². The van der Waals surface area contributed by atoms with E-state index in [2.05, 4.69) is 26.6 Å². The van der Waals surface area contributed by atoms with E-state index in [0.29, 0.717) is 19.5 Å². The third-order valence-electron chi connectivity index (χ3n) is 2.57. The Morgan fingerprint density at radius 1 is 1.39 bits per heavy atom. The summed E-state index contributed by atoms with van der Waals surface area (Å²) in [4.78, 5) is 21.7. The molecule has 1 aromatic rings. The van der Waals surface area contributed by atoms with Crippen LogP contribution in [0.1, 0.15) is 27.2 Å². The maximum atomic E-state index is 13.3. The molecule has 2 N–H and O–H groups in total. The van der Waals surface area contributed by atoms with Crippen molar-refractivity contribution in [3.63, 3.8) is 0 Å². The topological polar surface area (TPSA) is 93.5 Å². The van der Waals surface area contributed by atoms with Crippen LogP contribution in [0, 0.1) is 15.9 Å². The lowest BCUT2D eigenvalue weighted by Gasteiger charge is -2.19. The van der Waals surface area contributed by atoms with Gasteiger partial charge in [-0.2, -0.15) is 0 Å². The first-order valence-corrected chi connectivity index (χ1v) is 7.73. The van der Waals surface area contributed by atoms with Crippen molar-refractivity contribution in [2.45, 2.75) is 32.8 Å². The summed E-state index contributed by atoms with van der Waals surface area (Å²) in [7, 11) is 0. The molecule has 1 amide bonds. The van der Waals surface area contributed by atoms with Gasteiger partial charge in [0.05, 0.1) is 15.5 Å². The van der Waals surface area contributed by atoms with Crippen LogP contribution < -0.4 is 10.6 Å². The molecule has 0 aliphatic heterocycles. The number of alkyl carbamates (subject to hydrolysis) is 1. The first-order chi connectivity index (χ1) is 10.6. The van der Waals surface area contributed by atoms with Crippen molar-refractivity contribution >= 4 is 33.4 Å². The number of benzene rings is 1. The second-order valence-electron chi connectivity index (χ2n) is 5.75. The summed E-state index contributed by atoms with van der Waals surface area (Å²) in [5.41, 5.74) is -0.699. The van der Waals surface area contributed by atoms with E-state index in [0.717, 1.165) is 6.07 Å². The Kier molecular flexibility index (Phi) is 6.74. The van der Waals surface area contributed by atoms with Crippen molar-refractivity contribution in [1.82, 2.24) is 5.32 Å². The second kappa shape index (κ2) is 8.09. The van der Waals surface area contributed by atoms with Crippen molar-refractivity contribution in [1.29, 1.82) is 0 Å². The zero-order valence-corrected chi connectivity index (χ0v) is 14.7. The molecule has 0 saturated heterocycles. The van der Waals surface area contributed by atoms with Crippen molar-refractivity contribution in [3.8, 4) is 0 Å². The van der Waals surface area contributed by atoms with Crippen LogP contribution in [0.3, 0.4) is 0 Å². The van der Waals surface area contributed by atoms with Gasteiger partial charge >= 0.3 is 6.09 Å². The molecule has 0 unspecified atom stereocenters. The summed E-state index contributed by atoms with van der Waals surface area (Å²) >= 11 is 2.99. The molecule has 0 aromatic heterocycles. The number of rotatable bonds is 6. The highest BCUT2D eigenvalue weighted by molar-refractivity contribution is 9.10. The third-order valence-corrected chi connectivity index (χ3v) is 3.18. The highest BCUT2D eigenvalue weighted by atomic mass is 79.9. The van der Waals surface area contributed by atoms with E-state index in [1.54, 1.807) is 20.8 Å². The van der Waals surface area contributed by atoms with E-state index in [-0.39, 0.29) is 15.8 Å². The zero-order valence-electron chi connectivity index (χ0n) is 13.1. The number of carbonyl (C=O) groups is 1. The normalized spacial score (nSPS) is 11.0. The molecule has 0 fully saturated rings. The number of anilines is 1. The smallest absolute Gasteiger partial charge is 0.407 e. The van der Waals surface area contributed by atoms with Crippen LogP contribution in [0.15, 0.2) is 16.6 Å². The van der Waals surface area contributed by atoms with Gasteiger partial charge in [0.2, 0.25) is 0 Å². The second-order valence-corrected chi connectivity index (χ2v) is 6.60.